The first-order valence-corrected chi connectivity index (χ1v) is 6.92. The third-order valence-corrected chi connectivity index (χ3v) is 3.93. The molecule has 0 aromatic carbocycles. The lowest BCUT2D eigenvalue weighted by molar-refractivity contribution is -0.0447. The molecule has 9 heteroatoms. The normalized spacial score (nSPS) is 18.7. The van der Waals surface area contributed by atoms with Crippen LogP contribution >= 0.6 is 0 Å². The summed E-state index contributed by atoms with van der Waals surface area (Å²) >= 11 is 0. The number of alkyl halides is 2. The summed E-state index contributed by atoms with van der Waals surface area (Å²) in [5, 5.41) is 13.5. The molecule has 1 aliphatic carbocycles. The smallest absolute Gasteiger partial charge is 0.357 e. The fourth-order valence-electron chi connectivity index (χ4n) is 2.85. The molecule has 7 nitrogen and oxygen atoms in total. The SMILES string of the molecule is Cc1nc(N)c2c(C(=O)O)nn(C3CCC(F)(F)CC3)c2n1. The van der Waals surface area contributed by atoms with Gasteiger partial charge in [-0.25, -0.2) is 28.2 Å². The first-order chi connectivity index (χ1) is 10.3. The van der Waals surface area contributed by atoms with Crippen molar-refractivity contribution in [3.05, 3.63) is 11.5 Å². The minimum Gasteiger partial charge on any atom is -0.476 e. The second-order valence-corrected chi connectivity index (χ2v) is 5.54. The molecule has 118 valence electrons. The van der Waals surface area contributed by atoms with E-state index in [0.717, 1.165) is 0 Å². The molecule has 0 atom stereocenters. The van der Waals surface area contributed by atoms with Crippen molar-refractivity contribution < 1.29 is 18.7 Å². The number of aryl methyl sites for hydroxylation is 1. The quantitative estimate of drug-likeness (QED) is 0.880. The van der Waals surface area contributed by atoms with Crippen molar-refractivity contribution in [3.8, 4) is 0 Å². The van der Waals surface area contributed by atoms with Crippen molar-refractivity contribution >= 4 is 22.8 Å². The second-order valence-electron chi connectivity index (χ2n) is 5.54. The average Bonchev–Trinajstić information content (AvgIpc) is 2.78. The Labute approximate surface area is 124 Å². The molecule has 0 unspecified atom stereocenters. The molecule has 0 amide bonds. The van der Waals surface area contributed by atoms with Crippen LogP contribution in [0.3, 0.4) is 0 Å². The van der Waals surface area contributed by atoms with Gasteiger partial charge in [-0.15, -0.1) is 0 Å². The van der Waals surface area contributed by atoms with E-state index in [4.69, 9.17) is 5.73 Å². The van der Waals surface area contributed by atoms with Gasteiger partial charge in [0.15, 0.2) is 11.3 Å². The van der Waals surface area contributed by atoms with Crippen LogP contribution in [0, 0.1) is 6.92 Å². The number of aromatic carboxylic acids is 1. The number of aromatic nitrogens is 4. The van der Waals surface area contributed by atoms with E-state index in [1.54, 1.807) is 6.92 Å². The van der Waals surface area contributed by atoms with Crippen molar-refractivity contribution in [3.63, 3.8) is 0 Å². The van der Waals surface area contributed by atoms with Crippen molar-refractivity contribution in [2.24, 2.45) is 0 Å². The molecule has 1 saturated carbocycles. The van der Waals surface area contributed by atoms with Crippen LogP contribution in [0.25, 0.3) is 11.0 Å². The molecule has 1 aliphatic rings. The van der Waals surface area contributed by atoms with Gasteiger partial charge in [-0.3, -0.25) is 0 Å². The minimum atomic E-state index is -2.67. The Hall–Kier alpha value is -2.32. The number of fused-ring (bicyclic) bond motifs is 1. The zero-order chi connectivity index (χ0) is 16.1. The number of rotatable bonds is 2. The number of nitrogens with two attached hydrogens (primary N) is 1. The number of carboxylic acid groups (broad SMARTS) is 1. The molecule has 0 bridgehead atoms. The molecule has 3 rings (SSSR count). The van der Waals surface area contributed by atoms with Crippen LogP contribution in [-0.4, -0.2) is 36.7 Å². The molecule has 22 heavy (non-hydrogen) atoms. The van der Waals surface area contributed by atoms with Crippen LogP contribution in [0.4, 0.5) is 14.6 Å². The highest BCUT2D eigenvalue weighted by Gasteiger charge is 2.37. The maximum Gasteiger partial charge on any atom is 0.357 e. The van der Waals surface area contributed by atoms with Crippen LogP contribution in [0.5, 0.6) is 0 Å². The van der Waals surface area contributed by atoms with E-state index in [1.165, 1.54) is 4.68 Å². The van der Waals surface area contributed by atoms with Gasteiger partial charge in [0.2, 0.25) is 5.92 Å². The highest BCUT2D eigenvalue weighted by molar-refractivity contribution is 6.04. The summed E-state index contributed by atoms with van der Waals surface area (Å²) in [7, 11) is 0. The number of nitrogens with zero attached hydrogens (tertiary/aromatic N) is 4. The van der Waals surface area contributed by atoms with Gasteiger partial charge >= 0.3 is 5.97 Å². The molecular formula is C13H15F2N5O2. The van der Waals surface area contributed by atoms with Crippen molar-refractivity contribution in [1.82, 2.24) is 19.7 Å². The topological polar surface area (TPSA) is 107 Å². The van der Waals surface area contributed by atoms with Crippen LogP contribution in [0.1, 0.15) is 48.0 Å². The van der Waals surface area contributed by atoms with E-state index in [-0.39, 0.29) is 54.3 Å². The Kier molecular flexibility index (Phi) is 3.22. The van der Waals surface area contributed by atoms with Crippen molar-refractivity contribution in [2.75, 3.05) is 5.73 Å². The fourth-order valence-corrected chi connectivity index (χ4v) is 2.85. The number of hydrogen-bond donors (Lipinski definition) is 2. The summed E-state index contributed by atoms with van der Waals surface area (Å²) < 4.78 is 28.0. The maximum absolute atomic E-state index is 13.3. The molecule has 3 N–H and O–H groups in total. The highest BCUT2D eigenvalue weighted by Crippen LogP contribution is 2.39. The standard InChI is InChI=1S/C13H15F2N5O2/c1-6-17-10(16)8-9(12(21)22)19-20(11(8)18-6)7-2-4-13(14,15)5-3-7/h7H,2-5H2,1H3,(H,21,22)(H2,16,17,18). The van der Waals surface area contributed by atoms with Gasteiger partial charge in [-0.2, -0.15) is 5.10 Å². The van der Waals surface area contributed by atoms with E-state index in [2.05, 4.69) is 15.1 Å². The third kappa shape index (κ3) is 2.36. The molecule has 0 saturated heterocycles. The van der Waals surface area contributed by atoms with Crippen molar-refractivity contribution in [1.29, 1.82) is 0 Å². The first-order valence-electron chi connectivity index (χ1n) is 6.92. The summed E-state index contributed by atoms with van der Waals surface area (Å²) in [5.74, 6) is -3.50. The second kappa shape index (κ2) is 4.85. The number of anilines is 1. The summed E-state index contributed by atoms with van der Waals surface area (Å²) in [6, 6.07) is -0.316. The molecular weight excluding hydrogens is 296 g/mol. The van der Waals surface area contributed by atoms with Crippen molar-refractivity contribution in [2.45, 2.75) is 44.6 Å². The van der Waals surface area contributed by atoms with E-state index < -0.39 is 11.9 Å². The predicted molar refractivity (Wildman–Crippen MR) is 73.9 cm³/mol. The lowest BCUT2D eigenvalue weighted by atomic mass is 9.92. The van der Waals surface area contributed by atoms with Crippen LogP contribution in [0.2, 0.25) is 0 Å². The largest absolute Gasteiger partial charge is 0.476 e. The van der Waals surface area contributed by atoms with Crippen LogP contribution in [0.15, 0.2) is 0 Å². The maximum atomic E-state index is 13.3. The third-order valence-electron chi connectivity index (χ3n) is 3.93. The predicted octanol–water partition coefficient (Wildman–Crippen LogP) is 2.17. The van der Waals surface area contributed by atoms with Gasteiger partial charge in [0.05, 0.1) is 11.4 Å². The van der Waals surface area contributed by atoms with Gasteiger partial charge in [-0.1, -0.05) is 0 Å². The average molecular weight is 311 g/mol. The molecule has 2 heterocycles. The minimum absolute atomic E-state index is 0.0345. The molecule has 1 fully saturated rings. The Bertz CT molecular complexity index is 748. The highest BCUT2D eigenvalue weighted by atomic mass is 19.3. The Balaban J connectivity index is 2.12. The zero-order valence-electron chi connectivity index (χ0n) is 11.9. The molecule has 0 radical (unpaired) electrons. The number of halogens is 2. The Morgan fingerprint density at radius 1 is 1.36 bits per heavy atom. The molecule has 2 aromatic rings. The fraction of sp³-hybridized carbons (Fsp3) is 0.538. The van der Waals surface area contributed by atoms with E-state index in [0.29, 0.717) is 5.82 Å². The van der Waals surface area contributed by atoms with E-state index >= 15 is 0 Å². The monoisotopic (exact) mass is 311 g/mol. The van der Waals surface area contributed by atoms with Gasteiger partial charge < -0.3 is 10.8 Å². The van der Waals surface area contributed by atoms with E-state index in [1.807, 2.05) is 0 Å². The summed E-state index contributed by atoms with van der Waals surface area (Å²) in [4.78, 5) is 19.5. The number of hydrogen-bond acceptors (Lipinski definition) is 5. The van der Waals surface area contributed by atoms with Crippen LogP contribution < -0.4 is 5.73 Å². The summed E-state index contributed by atoms with van der Waals surface area (Å²) in [6.07, 6.45) is -0.0699. The first kappa shape index (κ1) is 14.6. The molecule has 0 spiro atoms. The lowest BCUT2D eigenvalue weighted by Crippen LogP contribution is -2.27. The number of nitrogen functional groups attached to an aromatic ring is 1. The Morgan fingerprint density at radius 2 is 2.00 bits per heavy atom. The zero-order valence-corrected chi connectivity index (χ0v) is 11.9. The Morgan fingerprint density at radius 3 is 2.59 bits per heavy atom. The molecule has 2 aromatic heterocycles. The summed E-state index contributed by atoms with van der Waals surface area (Å²) in [6.45, 7) is 1.63. The number of carbonyl (C=O) groups is 1. The van der Waals surface area contributed by atoms with Crippen LogP contribution in [-0.2, 0) is 0 Å². The lowest BCUT2D eigenvalue weighted by Gasteiger charge is -2.28. The van der Waals surface area contributed by atoms with E-state index in [9.17, 15) is 18.7 Å². The van der Waals surface area contributed by atoms with Gasteiger partial charge in [0, 0.05) is 12.8 Å². The van der Waals surface area contributed by atoms with Gasteiger partial charge in [0.25, 0.3) is 0 Å². The van der Waals surface area contributed by atoms with Gasteiger partial charge in [0.1, 0.15) is 11.6 Å². The number of carboxylic acids is 1. The van der Waals surface area contributed by atoms with Gasteiger partial charge in [-0.05, 0) is 19.8 Å². The summed E-state index contributed by atoms with van der Waals surface area (Å²) in [5.41, 5.74) is 5.84. The molecule has 0 aliphatic heterocycles.